The molecule has 146 valence electrons. The average Bonchev–Trinajstić information content (AvgIpc) is 3.13. The number of benzene rings is 2. The van der Waals surface area contributed by atoms with Crippen LogP contribution in [0.25, 0.3) is 11.5 Å². The fraction of sp³-hybridized carbons (Fsp3) is 0.211. The van der Waals surface area contributed by atoms with Gasteiger partial charge in [0.2, 0.25) is 17.7 Å². The van der Waals surface area contributed by atoms with Crippen molar-refractivity contribution in [2.75, 3.05) is 0 Å². The van der Waals surface area contributed by atoms with Crippen molar-refractivity contribution in [2.24, 2.45) is 0 Å². The third-order valence-electron chi connectivity index (χ3n) is 3.85. The Hall–Kier alpha value is -2.87. The molecule has 5 nitrogen and oxygen atoms in total. The van der Waals surface area contributed by atoms with Gasteiger partial charge in [0.25, 0.3) is 0 Å². The molecule has 9 heteroatoms. The summed E-state index contributed by atoms with van der Waals surface area (Å²) in [6.45, 7) is 0.332. The van der Waals surface area contributed by atoms with E-state index in [-0.39, 0.29) is 36.1 Å². The molecular formula is C19H15ClF3N3O2. The molecule has 28 heavy (non-hydrogen) atoms. The molecule has 0 aliphatic carbocycles. The number of rotatable bonds is 6. The molecule has 0 aliphatic rings. The lowest BCUT2D eigenvalue weighted by molar-refractivity contribution is -0.137. The van der Waals surface area contributed by atoms with Crippen molar-refractivity contribution in [1.82, 2.24) is 15.5 Å². The van der Waals surface area contributed by atoms with E-state index in [1.165, 1.54) is 12.1 Å². The number of carbonyl (C=O) groups excluding carboxylic acids is 1. The number of aromatic nitrogens is 2. The summed E-state index contributed by atoms with van der Waals surface area (Å²) in [4.78, 5) is 11.9. The van der Waals surface area contributed by atoms with Crippen LogP contribution in [-0.4, -0.2) is 16.1 Å². The number of nitrogens with one attached hydrogen (secondary N) is 1. The molecule has 0 fully saturated rings. The molecule has 3 aromatic rings. The maximum absolute atomic E-state index is 12.8. The van der Waals surface area contributed by atoms with E-state index in [1.807, 2.05) is 6.07 Å². The molecular weight excluding hydrogens is 395 g/mol. The third-order valence-corrected chi connectivity index (χ3v) is 4.08. The second-order valence-corrected chi connectivity index (χ2v) is 6.42. The quantitative estimate of drug-likeness (QED) is 0.643. The normalized spacial score (nSPS) is 11.4. The zero-order chi connectivity index (χ0) is 20.1. The van der Waals surface area contributed by atoms with E-state index in [1.54, 1.807) is 18.2 Å². The van der Waals surface area contributed by atoms with Crippen LogP contribution in [0.5, 0.6) is 0 Å². The summed E-state index contributed by atoms with van der Waals surface area (Å²) in [6, 6.07) is 11.7. The van der Waals surface area contributed by atoms with Crippen LogP contribution in [-0.2, 0) is 23.9 Å². The Morgan fingerprint density at radius 2 is 1.89 bits per heavy atom. The van der Waals surface area contributed by atoms with Crippen molar-refractivity contribution in [3.8, 4) is 11.5 Å². The Balaban J connectivity index is 1.55. The van der Waals surface area contributed by atoms with Crippen molar-refractivity contribution < 1.29 is 22.4 Å². The van der Waals surface area contributed by atoms with E-state index in [2.05, 4.69) is 15.5 Å². The van der Waals surface area contributed by atoms with Crippen LogP contribution in [0, 0.1) is 0 Å². The Bertz CT molecular complexity index is 973. The molecule has 0 bridgehead atoms. The van der Waals surface area contributed by atoms with Crippen molar-refractivity contribution in [1.29, 1.82) is 0 Å². The molecule has 1 amide bonds. The Labute approximate surface area is 163 Å². The lowest BCUT2D eigenvalue weighted by atomic mass is 10.1. The molecule has 1 aromatic heterocycles. The molecule has 1 heterocycles. The highest BCUT2D eigenvalue weighted by molar-refractivity contribution is 6.30. The lowest BCUT2D eigenvalue weighted by Gasteiger charge is -2.06. The Morgan fingerprint density at radius 1 is 1.11 bits per heavy atom. The number of amides is 1. The smallest absolute Gasteiger partial charge is 0.416 e. The van der Waals surface area contributed by atoms with Gasteiger partial charge < -0.3 is 9.73 Å². The van der Waals surface area contributed by atoms with Gasteiger partial charge in [-0.3, -0.25) is 4.79 Å². The average molecular weight is 410 g/mol. The minimum Gasteiger partial charge on any atom is -0.421 e. The summed E-state index contributed by atoms with van der Waals surface area (Å²) >= 11 is 5.89. The molecule has 0 atom stereocenters. The van der Waals surface area contributed by atoms with Crippen LogP contribution >= 0.6 is 11.6 Å². The highest BCUT2D eigenvalue weighted by Crippen LogP contribution is 2.31. The topological polar surface area (TPSA) is 68.0 Å². The van der Waals surface area contributed by atoms with Gasteiger partial charge in [-0.1, -0.05) is 29.8 Å². The van der Waals surface area contributed by atoms with Crippen molar-refractivity contribution in [2.45, 2.75) is 25.6 Å². The SMILES string of the molecule is O=C(CCc1nnc(-c2cccc(C(F)(F)F)c2)o1)NCc1cccc(Cl)c1. The summed E-state index contributed by atoms with van der Waals surface area (Å²) in [7, 11) is 0. The van der Waals surface area contributed by atoms with E-state index < -0.39 is 11.7 Å². The number of carbonyl (C=O) groups is 1. The van der Waals surface area contributed by atoms with E-state index in [9.17, 15) is 18.0 Å². The summed E-state index contributed by atoms with van der Waals surface area (Å²) in [5.74, 6) is -0.0791. The summed E-state index contributed by atoms with van der Waals surface area (Å²) < 4.78 is 43.8. The van der Waals surface area contributed by atoms with Gasteiger partial charge in [-0.2, -0.15) is 13.2 Å². The summed E-state index contributed by atoms with van der Waals surface area (Å²) in [6.07, 6.45) is -4.18. The lowest BCUT2D eigenvalue weighted by Crippen LogP contribution is -2.23. The minimum absolute atomic E-state index is 0.0274. The first-order chi connectivity index (χ1) is 13.3. The number of alkyl halides is 3. The van der Waals surface area contributed by atoms with Crippen LogP contribution in [0.3, 0.4) is 0 Å². The first kappa shape index (κ1) is 19.9. The predicted molar refractivity (Wildman–Crippen MR) is 96.4 cm³/mol. The van der Waals surface area contributed by atoms with Crippen LogP contribution in [0.15, 0.2) is 52.9 Å². The Kier molecular flexibility index (Phi) is 5.99. The van der Waals surface area contributed by atoms with Crippen LogP contribution < -0.4 is 5.32 Å². The van der Waals surface area contributed by atoms with Gasteiger partial charge in [0.15, 0.2) is 0 Å². The molecule has 0 unspecified atom stereocenters. The molecule has 0 radical (unpaired) electrons. The second-order valence-electron chi connectivity index (χ2n) is 5.99. The largest absolute Gasteiger partial charge is 0.421 e. The molecule has 1 N–H and O–H groups in total. The molecule has 3 rings (SSSR count). The standard InChI is InChI=1S/C19H15ClF3N3O2/c20-15-6-1-3-12(9-15)11-24-16(27)7-8-17-25-26-18(28-17)13-4-2-5-14(10-13)19(21,22)23/h1-6,9-10H,7-8,11H2,(H,24,27). The van der Waals surface area contributed by atoms with E-state index >= 15 is 0 Å². The van der Waals surface area contributed by atoms with Gasteiger partial charge in [0, 0.05) is 30.0 Å². The maximum atomic E-state index is 12.8. The number of halogens is 4. The van der Waals surface area contributed by atoms with Crippen molar-refractivity contribution in [3.05, 3.63) is 70.6 Å². The fourth-order valence-corrected chi connectivity index (χ4v) is 2.67. The van der Waals surface area contributed by atoms with E-state index in [4.69, 9.17) is 16.0 Å². The number of nitrogens with zero attached hydrogens (tertiary/aromatic N) is 2. The molecule has 0 spiro atoms. The highest BCUT2D eigenvalue weighted by Gasteiger charge is 2.30. The van der Waals surface area contributed by atoms with Gasteiger partial charge in [0.05, 0.1) is 5.56 Å². The van der Waals surface area contributed by atoms with E-state index in [0.717, 1.165) is 17.7 Å². The van der Waals surface area contributed by atoms with Gasteiger partial charge >= 0.3 is 6.18 Å². The fourth-order valence-electron chi connectivity index (χ4n) is 2.46. The van der Waals surface area contributed by atoms with Gasteiger partial charge in [-0.25, -0.2) is 0 Å². The molecule has 0 saturated heterocycles. The maximum Gasteiger partial charge on any atom is 0.416 e. The number of aryl methyl sites for hydroxylation is 1. The first-order valence-corrected chi connectivity index (χ1v) is 8.70. The van der Waals surface area contributed by atoms with Crippen LogP contribution in [0.1, 0.15) is 23.4 Å². The molecule has 0 aliphatic heterocycles. The zero-order valence-electron chi connectivity index (χ0n) is 14.5. The van der Waals surface area contributed by atoms with Crippen LogP contribution in [0.4, 0.5) is 13.2 Å². The second kappa shape index (κ2) is 8.43. The minimum atomic E-state index is -4.46. The summed E-state index contributed by atoms with van der Waals surface area (Å²) in [5, 5.41) is 10.9. The van der Waals surface area contributed by atoms with E-state index in [0.29, 0.717) is 11.6 Å². The molecule has 2 aromatic carbocycles. The van der Waals surface area contributed by atoms with Crippen LogP contribution in [0.2, 0.25) is 5.02 Å². The number of hydrogen-bond donors (Lipinski definition) is 1. The first-order valence-electron chi connectivity index (χ1n) is 8.32. The predicted octanol–water partition coefficient (Wildman–Crippen LogP) is 4.66. The monoisotopic (exact) mass is 409 g/mol. The Morgan fingerprint density at radius 3 is 2.64 bits per heavy atom. The van der Waals surface area contributed by atoms with Gasteiger partial charge in [-0.05, 0) is 35.9 Å². The summed E-state index contributed by atoms with van der Waals surface area (Å²) in [5.41, 5.74) is 0.231. The van der Waals surface area contributed by atoms with Gasteiger partial charge in [-0.15, -0.1) is 10.2 Å². The third kappa shape index (κ3) is 5.32. The van der Waals surface area contributed by atoms with Crippen molar-refractivity contribution >= 4 is 17.5 Å². The highest BCUT2D eigenvalue weighted by atomic mass is 35.5. The van der Waals surface area contributed by atoms with Gasteiger partial charge in [0.1, 0.15) is 0 Å². The van der Waals surface area contributed by atoms with Crippen molar-refractivity contribution in [3.63, 3.8) is 0 Å². The zero-order valence-corrected chi connectivity index (χ0v) is 15.2. The number of hydrogen-bond acceptors (Lipinski definition) is 4. The molecule has 0 saturated carbocycles.